The quantitative estimate of drug-likeness (QED) is 0.542. The molecule has 0 unspecified atom stereocenters. The minimum atomic E-state index is -0.518. The van der Waals surface area contributed by atoms with E-state index in [-0.39, 0.29) is 12.5 Å². The zero-order valence-corrected chi connectivity index (χ0v) is 13.9. The Hall–Kier alpha value is -3.60. The van der Waals surface area contributed by atoms with E-state index >= 15 is 0 Å². The smallest absolute Gasteiger partial charge is 0.349 e. The maximum atomic E-state index is 12.2. The summed E-state index contributed by atoms with van der Waals surface area (Å²) < 4.78 is 10.5. The summed E-state index contributed by atoms with van der Waals surface area (Å²) in [5.41, 5.74) is 1.18. The molecule has 0 aliphatic heterocycles. The van der Waals surface area contributed by atoms with Crippen LogP contribution in [0.15, 0.2) is 84.9 Å². The van der Waals surface area contributed by atoms with Crippen LogP contribution in [0, 0.1) is 0 Å². The highest BCUT2D eigenvalue weighted by atomic mass is 16.6. The van der Waals surface area contributed by atoms with E-state index in [9.17, 15) is 9.59 Å². The van der Waals surface area contributed by atoms with Gasteiger partial charge in [0.25, 0.3) is 5.91 Å². The fourth-order valence-electron chi connectivity index (χ4n) is 2.22. The molecule has 5 heteroatoms. The summed E-state index contributed by atoms with van der Waals surface area (Å²) in [6, 6.07) is 24.5. The molecule has 0 bridgehead atoms. The Balaban J connectivity index is 1.52. The molecule has 0 saturated heterocycles. The van der Waals surface area contributed by atoms with Gasteiger partial charge in [0.1, 0.15) is 11.5 Å². The van der Waals surface area contributed by atoms with Crippen molar-refractivity contribution in [2.24, 2.45) is 0 Å². The molecule has 0 fully saturated rings. The Kier molecular flexibility index (Phi) is 5.62. The summed E-state index contributed by atoms with van der Waals surface area (Å²) >= 11 is 0. The first-order valence-corrected chi connectivity index (χ1v) is 8.06. The van der Waals surface area contributed by atoms with Crippen LogP contribution in [-0.4, -0.2) is 18.5 Å². The Morgan fingerprint density at radius 3 is 2.00 bits per heavy atom. The van der Waals surface area contributed by atoms with Crippen LogP contribution >= 0.6 is 0 Å². The van der Waals surface area contributed by atoms with Crippen molar-refractivity contribution in [2.75, 3.05) is 11.9 Å². The van der Waals surface area contributed by atoms with Crippen molar-refractivity contribution in [3.05, 3.63) is 90.5 Å². The third kappa shape index (κ3) is 4.95. The number of esters is 1. The van der Waals surface area contributed by atoms with Gasteiger partial charge in [-0.15, -0.1) is 0 Å². The maximum absolute atomic E-state index is 12.2. The van der Waals surface area contributed by atoms with Crippen LogP contribution in [0.4, 0.5) is 5.69 Å². The van der Waals surface area contributed by atoms with Crippen LogP contribution in [0.3, 0.4) is 0 Å². The molecule has 26 heavy (non-hydrogen) atoms. The number of para-hydroxylation sites is 2. The van der Waals surface area contributed by atoms with E-state index in [1.165, 1.54) is 0 Å². The first-order chi connectivity index (χ1) is 12.7. The first-order valence-electron chi connectivity index (χ1n) is 8.06. The molecule has 3 rings (SSSR count). The average molecular weight is 347 g/mol. The van der Waals surface area contributed by atoms with Crippen molar-refractivity contribution in [1.82, 2.24) is 0 Å². The van der Waals surface area contributed by atoms with Crippen LogP contribution < -0.4 is 14.8 Å². The predicted octanol–water partition coefficient (Wildman–Crippen LogP) is 3.92. The number of carbonyl (C=O) groups excluding carboxylic acids is 2. The molecule has 0 aromatic heterocycles. The number of ether oxygens (including phenoxy) is 2. The van der Waals surface area contributed by atoms with E-state index < -0.39 is 5.97 Å². The lowest BCUT2D eigenvalue weighted by atomic mass is 10.2. The molecule has 0 aliphatic carbocycles. The minimum Gasteiger partial charge on any atom is -0.482 e. The van der Waals surface area contributed by atoms with Crippen molar-refractivity contribution in [2.45, 2.75) is 0 Å². The van der Waals surface area contributed by atoms with Gasteiger partial charge < -0.3 is 14.8 Å². The van der Waals surface area contributed by atoms with Gasteiger partial charge in [-0.1, -0.05) is 36.4 Å². The molecule has 5 nitrogen and oxygen atoms in total. The van der Waals surface area contributed by atoms with Crippen LogP contribution in [-0.2, 0) is 4.79 Å². The average Bonchev–Trinajstić information content (AvgIpc) is 2.68. The summed E-state index contributed by atoms with van der Waals surface area (Å²) in [5.74, 6) is 0.192. The maximum Gasteiger partial charge on any atom is 0.349 e. The molecule has 0 heterocycles. The number of amides is 1. The van der Waals surface area contributed by atoms with Crippen LogP contribution in [0.2, 0.25) is 0 Å². The van der Waals surface area contributed by atoms with Gasteiger partial charge in [0.2, 0.25) is 0 Å². The lowest BCUT2D eigenvalue weighted by molar-refractivity contribution is -0.136. The molecular formula is C21H17NO4. The normalized spacial score (nSPS) is 10.0. The van der Waals surface area contributed by atoms with Crippen LogP contribution in [0.5, 0.6) is 11.5 Å². The van der Waals surface area contributed by atoms with Gasteiger partial charge in [-0.25, -0.2) is 4.79 Å². The fourth-order valence-corrected chi connectivity index (χ4v) is 2.22. The molecule has 0 radical (unpaired) electrons. The predicted molar refractivity (Wildman–Crippen MR) is 98.4 cm³/mol. The van der Waals surface area contributed by atoms with E-state index in [1.807, 2.05) is 36.4 Å². The van der Waals surface area contributed by atoms with Crippen molar-refractivity contribution < 1.29 is 19.1 Å². The number of nitrogens with one attached hydrogen (secondary N) is 1. The lowest BCUT2D eigenvalue weighted by Gasteiger charge is -2.08. The minimum absolute atomic E-state index is 0.194. The highest BCUT2D eigenvalue weighted by Gasteiger charge is 2.09. The van der Waals surface area contributed by atoms with Gasteiger partial charge in [-0.3, -0.25) is 4.79 Å². The number of anilines is 1. The Morgan fingerprint density at radius 2 is 1.35 bits per heavy atom. The van der Waals surface area contributed by atoms with Gasteiger partial charge in [0, 0.05) is 11.3 Å². The van der Waals surface area contributed by atoms with Gasteiger partial charge in [-0.05, 0) is 48.5 Å². The number of hydrogen-bond acceptors (Lipinski definition) is 4. The van der Waals surface area contributed by atoms with Crippen molar-refractivity contribution in [1.29, 1.82) is 0 Å². The topological polar surface area (TPSA) is 64.6 Å². The lowest BCUT2D eigenvalue weighted by Crippen LogP contribution is -2.17. The summed E-state index contributed by atoms with van der Waals surface area (Å²) in [7, 11) is 0. The zero-order chi connectivity index (χ0) is 18.2. The Morgan fingerprint density at radius 1 is 0.731 bits per heavy atom. The molecule has 0 spiro atoms. The van der Waals surface area contributed by atoms with Gasteiger partial charge >= 0.3 is 5.97 Å². The summed E-state index contributed by atoms with van der Waals surface area (Å²) in [5, 5.41) is 2.79. The third-order valence-electron chi connectivity index (χ3n) is 3.48. The largest absolute Gasteiger partial charge is 0.482 e. The molecule has 0 atom stereocenters. The van der Waals surface area contributed by atoms with E-state index in [0.717, 1.165) is 0 Å². The monoisotopic (exact) mass is 347 g/mol. The second-order valence-corrected chi connectivity index (χ2v) is 5.42. The highest BCUT2D eigenvalue weighted by molar-refractivity contribution is 6.04. The van der Waals surface area contributed by atoms with Crippen LogP contribution in [0.1, 0.15) is 10.4 Å². The zero-order valence-electron chi connectivity index (χ0n) is 13.9. The van der Waals surface area contributed by atoms with Gasteiger partial charge in [0.15, 0.2) is 6.61 Å². The van der Waals surface area contributed by atoms with Crippen LogP contribution in [0.25, 0.3) is 0 Å². The van der Waals surface area contributed by atoms with E-state index in [4.69, 9.17) is 9.47 Å². The van der Waals surface area contributed by atoms with E-state index in [1.54, 1.807) is 48.5 Å². The standard InChI is InChI=1S/C21H17NO4/c23-20(15-25-18-9-5-2-6-10-18)26-19-13-11-16(12-14-19)21(24)22-17-7-3-1-4-8-17/h1-14H,15H2,(H,22,24). The number of hydrogen-bond donors (Lipinski definition) is 1. The summed E-state index contributed by atoms with van der Waals surface area (Å²) in [6.45, 7) is -0.194. The van der Waals surface area contributed by atoms with E-state index in [0.29, 0.717) is 22.7 Å². The molecule has 130 valence electrons. The van der Waals surface area contributed by atoms with Gasteiger partial charge in [-0.2, -0.15) is 0 Å². The van der Waals surface area contributed by atoms with Crippen molar-refractivity contribution in [3.8, 4) is 11.5 Å². The Labute approximate surface area is 151 Å². The summed E-state index contributed by atoms with van der Waals surface area (Å²) in [6.07, 6.45) is 0. The molecule has 1 N–H and O–H groups in total. The fraction of sp³-hybridized carbons (Fsp3) is 0.0476. The van der Waals surface area contributed by atoms with Gasteiger partial charge in [0.05, 0.1) is 0 Å². The Bertz CT molecular complexity index is 862. The summed E-state index contributed by atoms with van der Waals surface area (Å²) in [4.78, 5) is 24.0. The molecule has 3 aromatic carbocycles. The van der Waals surface area contributed by atoms with Crippen molar-refractivity contribution >= 4 is 17.6 Å². The first kappa shape index (κ1) is 17.2. The SMILES string of the molecule is O=C(COc1ccccc1)Oc1ccc(C(=O)Nc2ccccc2)cc1. The number of carbonyl (C=O) groups is 2. The second kappa shape index (κ2) is 8.48. The molecule has 3 aromatic rings. The molecule has 1 amide bonds. The number of rotatable bonds is 6. The molecule has 0 aliphatic rings. The molecular weight excluding hydrogens is 330 g/mol. The second-order valence-electron chi connectivity index (χ2n) is 5.42. The third-order valence-corrected chi connectivity index (χ3v) is 3.48. The number of benzene rings is 3. The van der Waals surface area contributed by atoms with E-state index in [2.05, 4.69) is 5.32 Å². The highest BCUT2D eigenvalue weighted by Crippen LogP contribution is 2.15. The molecule has 0 saturated carbocycles. The van der Waals surface area contributed by atoms with Crippen molar-refractivity contribution in [3.63, 3.8) is 0 Å².